The molecule has 0 unspecified atom stereocenters. The SMILES string of the molecule is CC(=O)CC(C)=[OH+].[Ir].[c-]1ccccc1-c1nc2ccccc2s1.[c-]1ccccc1-c1nc2ccccc2s1. The second kappa shape index (κ2) is 14.6. The molecule has 1 radical (unpaired) electrons. The largest absolute Gasteiger partial charge is 0.299 e. The average molecular weight is 714 g/mol. The maximum atomic E-state index is 10.1. The van der Waals surface area contributed by atoms with E-state index in [4.69, 9.17) is 4.79 Å². The van der Waals surface area contributed by atoms with E-state index in [-0.39, 0.29) is 38.1 Å². The molecule has 0 aliphatic rings. The first-order chi connectivity index (χ1) is 18.0. The van der Waals surface area contributed by atoms with Crippen molar-refractivity contribution in [3.63, 3.8) is 0 Å². The Morgan fingerprint density at radius 3 is 1.45 bits per heavy atom. The van der Waals surface area contributed by atoms with Crippen LogP contribution in [0.25, 0.3) is 41.6 Å². The molecule has 0 fully saturated rings. The zero-order chi connectivity index (χ0) is 26.0. The first kappa shape index (κ1) is 29.2. The number of benzene rings is 4. The van der Waals surface area contributed by atoms with Gasteiger partial charge in [0.15, 0.2) is 0 Å². The minimum Gasteiger partial charge on any atom is -0.299 e. The fourth-order valence-electron chi connectivity index (χ4n) is 3.39. The van der Waals surface area contributed by atoms with Gasteiger partial charge in [0.2, 0.25) is 0 Å². The molecule has 4 aromatic carbocycles. The summed E-state index contributed by atoms with van der Waals surface area (Å²) >= 11 is 3.42. The van der Waals surface area contributed by atoms with Gasteiger partial charge in [0, 0.05) is 46.4 Å². The van der Waals surface area contributed by atoms with E-state index in [1.807, 2.05) is 84.9 Å². The monoisotopic (exact) mass is 714 g/mol. The van der Waals surface area contributed by atoms with E-state index < -0.39 is 0 Å². The topological polar surface area (TPSA) is 64.2 Å². The Morgan fingerprint density at radius 2 is 1.13 bits per heavy atom. The zero-order valence-corrected chi connectivity index (χ0v) is 24.9. The number of nitrogens with zero attached hydrogens (tertiary/aromatic N) is 2. The Morgan fingerprint density at radius 1 is 0.711 bits per heavy atom. The van der Waals surface area contributed by atoms with Crippen LogP contribution < -0.4 is 0 Å². The molecule has 6 aromatic rings. The molecule has 0 aliphatic heterocycles. The van der Waals surface area contributed by atoms with Gasteiger partial charge in [-0.15, -0.1) is 71.8 Å². The minimum atomic E-state index is 0. The summed E-state index contributed by atoms with van der Waals surface area (Å²) in [7, 11) is 0. The summed E-state index contributed by atoms with van der Waals surface area (Å²) < 4.78 is 2.45. The van der Waals surface area contributed by atoms with Gasteiger partial charge in [0.1, 0.15) is 12.2 Å². The minimum absolute atomic E-state index is 0. The van der Waals surface area contributed by atoms with Crippen LogP contribution in [0.15, 0.2) is 97.1 Å². The molecule has 0 atom stereocenters. The molecule has 193 valence electrons. The van der Waals surface area contributed by atoms with Crippen LogP contribution in [0.5, 0.6) is 0 Å². The van der Waals surface area contributed by atoms with Crippen LogP contribution in [0.4, 0.5) is 0 Å². The quantitative estimate of drug-likeness (QED) is 0.106. The summed E-state index contributed by atoms with van der Waals surface area (Å²) in [6.07, 6.45) is 0.194. The van der Waals surface area contributed by atoms with Gasteiger partial charge < -0.3 is 0 Å². The van der Waals surface area contributed by atoms with Gasteiger partial charge >= 0.3 is 0 Å². The number of rotatable bonds is 4. The van der Waals surface area contributed by atoms with Gasteiger partial charge in [0.05, 0.1) is 11.0 Å². The number of carbonyl (C=O) groups is 1. The molecule has 0 saturated heterocycles. The number of hydrogen-bond donors (Lipinski definition) is 0. The van der Waals surface area contributed by atoms with Crippen molar-refractivity contribution in [2.24, 2.45) is 0 Å². The second-order valence-electron chi connectivity index (χ2n) is 8.14. The Bertz CT molecular complexity index is 1430. The third-order valence-electron chi connectivity index (χ3n) is 4.97. The molecule has 6 rings (SSSR count). The number of carbonyl (C=O) groups excluding carboxylic acids is 2. The van der Waals surface area contributed by atoms with Gasteiger partial charge in [0.25, 0.3) is 5.78 Å². The summed E-state index contributed by atoms with van der Waals surface area (Å²) in [4.78, 5) is 27.6. The third-order valence-corrected chi connectivity index (χ3v) is 7.11. The zero-order valence-electron chi connectivity index (χ0n) is 20.8. The van der Waals surface area contributed by atoms with Crippen molar-refractivity contribution in [1.82, 2.24) is 9.97 Å². The van der Waals surface area contributed by atoms with Gasteiger partial charge in [-0.05, 0) is 31.2 Å². The van der Waals surface area contributed by atoms with E-state index in [2.05, 4.69) is 34.2 Å². The summed E-state index contributed by atoms with van der Waals surface area (Å²) in [5.41, 5.74) is 4.27. The molecule has 7 heteroatoms. The van der Waals surface area contributed by atoms with E-state index in [1.54, 1.807) is 22.7 Å². The predicted octanol–water partition coefficient (Wildman–Crippen LogP) is 8.05. The predicted molar refractivity (Wildman–Crippen MR) is 156 cm³/mol. The first-order valence-corrected chi connectivity index (χ1v) is 13.3. The third kappa shape index (κ3) is 8.33. The molecule has 2 aromatic heterocycles. The number of thiazole rings is 2. The molecule has 0 aliphatic carbocycles. The van der Waals surface area contributed by atoms with Crippen molar-refractivity contribution in [3.8, 4) is 21.1 Å². The van der Waals surface area contributed by atoms with Crippen LogP contribution in [0.3, 0.4) is 0 Å². The number of para-hydroxylation sites is 2. The van der Waals surface area contributed by atoms with Gasteiger partial charge in [-0.1, -0.05) is 24.3 Å². The van der Waals surface area contributed by atoms with Crippen LogP contribution in [0, 0.1) is 12.1 Å². The summed E-state index contributed by atoms with van der Waals surface area (Å²) in [6.45, 7) is 2.96. The number of hydrogen-bond acceptors (Lipinski definition) is 5. The van der Waals surface area contributed by atoms with Crippen LogP contribution in [0.2, 0.25) is 0 Å². The standard InChI is InChI=1S/2C13H8NS.C5H8O2.Ir/c2*1-2-6-10(7-3-1)13-14-11-8-4-5-9-12(11)15-13;1-4(6)3-5(2)7;/h2*1-6,8-9H;3H2,1-2H3;/q2*-1;;/p+1. The fraction of sp³-hybridized carbons (Fsp3) is 0.0968. The van der Waals surface area contributed by atoms with Crippen molar-refractivity contribution < 1.29 is 29.7 Å². The normalized spacial score (nSPS) is 9.95. The Hall–Kier alpha value is -3.35. The molecule has 0 amide bonds. The number of fused-ring (bicyclic) bond motifs is 2. The second-order valence-corrected chi connectivity index (χ2v) is 10.2. The Balaban J connectivity index is 0.000000167. The van der Waals surface area contributed by atoms with Crippen molar-refractivity contribution in [1.29, 1.82) is 0 Å². The molecule has 0 bridgehead atoms. The van der Waals surface area contributed by atoms with E-state index in [1.165, 1.54) is 23.2 Å². The summed E-state index contributed by atoms with van der Waals surface area (Å²) in [5.74, 6) is 0.188. The van der Waals surface area contributed by atoms with Gasteiger partial charge in [-0.3, -0.25) is 19.6 Å². The summed E-state index contributed by atoms with van der Waals surface area (Å²) in [5, 5.41) is 2.08. The average Bonchev–Trinajstić information content (AvgIpc) is 3.54. The molecule has 2 heterocycles. The van der Waals surface area contributed by atoms with E-state index in [0.717, 1.165) is 32.2 Å². The molecule has 38 heavy (non-hydrogen) atoms. The molecule has 1 N–H and O–H groups in total. The molecule has 0 spiro atoms. The molecular formula is C31H25IrN2O2S2-. The number of aromatic nitrogens is 2. The van der Waals surface area contributed by atoms with Crippen LogP contribution >= 0.6 is 22.7 Å². The molecule has 0 saturated carbocycles. The van der Waals surface area contributed by atoms with Crippen molar-refractivity contribution in [2.45, 2.75) is 20.3 Å². The first-order valence-electron chi connectivity index (χ1n) is 11.7. The number of Topliss-reactive ketones (excluding diaryl/α,β-unsaturated/α-hetero) is 1. The fourth-order valence-corrected chi connectivity index (χ4v) is 5.30. The maximum Gasteiger partial charge on any atom is 0.297 e. The summed E-state index contributed by atoms with van der Waals surface area (Å²) in [6, 6.07) is 38.6. The molecular weight excluding hydrogens is 689 g/mol. The van der Waals surface area contributed by atoms with E-state index >= 15 is 0 Å². The smallest absolute Gasteiger partial charge is 0.297 e. The van der Waals surface area contributed by atoms with Gasteiger partial charge in [-0.25, -0.2) is 0 Å². The van der Waals surface area contributed by atoms with Crippen molar-refractivity contribution in [2.75, 3.05) is 0 Å². The van der Waals surface area contributed by atoms with Crippen LogP contribution in [-0.4, -0.2) is 26.3 Å². The van der Waals surface area contributed by atoms with Gasteiger partial charge in [-0.2, -0.15) is 22.7 Å². The van der Waals surface area contributed by atoms with E-state index in [9.17, 15) is 4.79 Å². The van der Waals surface area contributed by atoms with Crippen LogP contribution in [0.1, 0.15) is 20.3 Å². The Labute approximate surface area is 243 Å². The van der Waals surface area contributed by atoms with Crippen molar-refractivity contribution >= 4 is 54.7 Å². The Kier molecular flexibility index (Phi) is 11.2. The maximum absolute atomic E-state index is 10.1. The number of ketones is 2. The van der Waals surface area contributed by atoms with Crippen molar-refractivity contribution in [3.05, 3.63) is 109 Å². The molecule has 4 nitrogen and oxygen atoms in total. The van der Waals surface area contributed by atoms with Crippen LogP contribution in [-0.2, 0) is 24.9 Å². The van der Waals surface area contributed by atoms with E-state index in [0.29, 0.717) is 0 Å².